The monoisotopic (exact) mass is 454 g/mol. The van der Waals surface area contributed by atoms with Gasteiger partial charge in [-0.1, -0.05) is 19.1 Å². The van der Waals surface area contributed by atoms with Crippen molar-refractivity contribution in [1.29, 1.82) is 0 Å². The number of carboxylic acids is 1. The summed E-state index contributed by atoms with van der Waals surface area (Å²) in [6.45, 7) is 1.84. The van der Waals surface area contributed by atoms with Crippen LogP contribution in [-0.2, 0) is 6.54 Å². The Hall–Kier alpha value is -3.26. The molecule has 0 unspecified atom stereocenters. The van der Waals surface area contributed by atoms with Crippen molar-refractivity contribution in [3.8, 4) is 16.9 Å². The highest BCUT2D eigenvalue weighted by molar-refractivity contribution is 5.97. The molecule has 8 heteroatoms. The highest BCUT2D eigenvalue weighted by Crippen LogP contribution is 2.44. The lowest BCUT2D eigenvalue weighted by Gasteiger charge is -2.30. The first-order valence-corrected chi connectivity index (χ1v) is 11.0. The highest BCUT2D eigenvalue weighted by atomic mass is 19.3. The molecule has 0 amide bonds. The molecule has 0 saturated heterocycles. The van der Waals surface area contributed by atoms with Crippen molar-refractivity contribution in [1.82, 2.24) is 9.88 Å². The van der Waals surface area contributed by atoms with Crippen LogP contribution in [0.2, 0.25) is 0 Å². The third-order valence-corrected chi connectivity index (χ3v) is 6.83. The third kappa shape index (κ3) is 3.68. The molecule has 0 radical (unpaired) electrons. The van der Waals surface area contributed by atoms with Gasteiger partial charge in [0.15, 0.2) is 5.75 Å². The summed E-state index contributed by atoms with van der Waals surface area (Å²) >= 11 is 0. The van der Waals surface area contributed by atoms with Crippen molar-refractivity contribution < 1.29 is 23.4 Å². The maximum atomic E-state index is 13.6. The minimum absolute atomic E-state index is 0.0586. The Morgan fingerprint density at radius 2 is 1.97 bits per heavy atom. The van der Waals surface area contributed by atoms with Crippen LogP contribution in [0.25, 0.3) is 22.0 Å². The van der Waals surface area contributed by atoms with E-state index in [0.29, 0.717) is 29.6 Å². The van der Waals surface area contributed by atoms with E-state index in [4.69, 9.17) is 4.74 Å². The Bertz CT molecular complexity index is 1330. The molecule has 2 aliphatic rings. The molecule has 0 spiro atoms. The molecule has 6 nitrogen and oxygen atoms in total. The Morgan fingerprint density at radius 3 is 2.64 bits per heavy atom. The highest BCUT2D eigenvalue weighted by Gasteiger charge is 2.30. The number of nitrogens with one attached hydrogen (secondary N) is 1. The maximum absolute atomic E-state index is 13.6. The van der Waals surface area contributed by atoms with Crippen LogP contribution in [0.4, 0.5) is 8.78 Å². The van der Waals surface area contributed by atoms with Crippen LogP contribution >= 0.6 is 0 Å². The van der Waals surface area contributed by atoms with Gasteiger partial charge < -0.3 is 19.7 Å². The van der Waals surface area contributed by atoms with E-state index in [2.05, 4.69) is 19.2 Å². The molecule has 1 aliphatic heterocycles. The largest absolute Gasteiger partial charge is 0.477 e. The summed E-state index contributed by atoms with van der Waals surface area (Å²) in [5.41, 5.74) is 2.56. The Morgan fingerprint density at radius 1 is 1.21 bits per heavy atom. The van der Waals surface area contributed by atoms with Gasteiger partial charge in [0.05, 0.1) is 10.9 Å². The predicted molar refractivity (Wildman–Crippen MR) is 120 cm³/mol. The first-order valence-electron chi connectivity index (χ1n) is 11.0. The van der Waals surface area contributed by atoms with Crippen LogP contribution < -0.4 is 15.5 Å². The number of fused-ring (bicyclic) bond motifs is 2. The molecular formula is C25H24F2N2O4. The molecule has 1 saturated carbocycles. The number of rotatable bonds is 5. The summed E-state index contributed by atoms with van der Waals surface area (Å²) in [5.74, 6) is -1.14. The molecule has 1 aliphatic carbocycles. The van der Waals surface area contributed by atoms with Gasteiger partial charge in [-0.25, -0.2) is 4.79 Å². The van der Waals surface area contributed by atoms with Gasteiger partial charge in [-0.2, -0.15) is 8.78 Å². The Labute approximate surface area is 188 Å². The van der Waals surface area contributed by atoms with Gasteiger partial charge >= 0.3 is 12.6 Å². The van der Waals surface area contributed by atoms with Crippen molar-refractivity contribution in [3.63, 3.8) is 0 Å². The van der Waals surface area contributed by atoms with E-state index in [1.54, 1.807) is 10.6 Å². The maximum Gasteiger partial charge on any atom is 0.387 e. The molecule has 172 valence electrons. The number of carboxylic acid groups (broad SMARTS) is 1. The molecule has 2 N–H and O–H groups in total. The predicted octanol–water partition coefficient (Wildman–Crippen LogP) is 4.90. The van der Waals surface area contributed by atoms with Crippen LogP contribution in [0.15, 0.2) is 41.3 Å². The molecule has 33 heavy (non-hydrogen) atoms. The van der Waals surface area contributed by atoms with E-state index in [9.17, 15) is 23.5 Å². The van der Waals surface area contributed by atoms with Crippen molar-refractivity contribution in [2.45, 2.75) is 57.8 Å². The summed E-state index contributed by atoms with van der Waals surface area (Å²) in [4.78, 5) is 24.5. The van der Waals surface area contributed by atoms with Gasteiger partial charge in [-0.3, -0.25) is 4.79 Å². The molecule has 0 bridgehead atoms. The second-order valence-corrected chi connectivity index (χ2v) is 8.90. The average molecular weight is 454 g/mol. The summed E-state index contributed by atoms with van der Waals surface area (Å²) in [5, 5.41) is 13.0. The number of hydrogen-bond acceptors (Lipinski definition) is 4. The van der Waals surface area contributed by atoms with Gasteiger partial charge in [0.1, 0.15) is 5.56 Å². The molecular weight excluding hydrogens is 430 g/mol. The van der Waals surface area contributed by atoms with Gasteiger partial charge in [-0.15, -0.1) is 0 Å². The van der Waals surface area contributed by atoms with Crippen LogP contribution in [0.5, 0.6) is 5.75 Å². The number of carbonyl (C=O) groups is 1. The van der Waals surface area contributed by atoms with E-state index in [0.717, 1.165) is 18.4 Å². The minimum Gasteiger partial charge on any atom is -0.477 e. The van der Waals surface area contributed by atoms with E-state index in [1.807, 2.05) is 18.2 Å². The van der Waals surface area contributed by atoms with Crippen LogP contribution in [0, 0.1) is 0 Å². The second kappa shape index (κ2) is 7.95. The number of alkyl halides is 2. The summed E-state index contributed by atoms with van der Waals surface area (Å²) < 4.78 is 33.7. The first-order chi connectivity index (χ1) is 15.8. The smallest absolute Gasteiger partial charge is 0.387 e. The quantitative estimate of drug-likeness (QED) is 0.573. The summed E-state index contributed by atoms with van der Waals surface area (Å²) in [7, 11) is 0. The molecule has 1 fully saturated rings. The standard InChI is InChI=1S/C25H24F2N2O4/c1-12-13(2)28-10-15-9-14(3-6-17(12)15)18-7-8-19-21(23(18)33-25(26)27)29(16-4-5-16)11-20(22(19)30)24(31)32/h3,6-9,11-13,16,25,28H,4-5,10H2,1-2H3,(H,31,32)/t12-,13-/m0/s1. The average Bonchev–Trinajstić information content (AvgIpc) is 3.61. The van der Waals surface area contributed by atoms with Gasteiger partial charge in [-0.05, 0) is 60.6 Å². The normalized spacial score (nSPS) is 20.2. The Kier molecular flexibility index (Phi) is 5.20. The lowest BCUT2D eigenvalue weighted by molar-refractivity contribution is -0.0486. The van der Waals surface area contributed by atoms with Gasteiger partial charge in [0.25, 0.3) is 0 Å². The van der Waals surface area contributed by atoms with E-state index < -0.39 is 18.0 Å². The first kappa shape index (κ1) is 21.6. The summed E-state index contributed by atoms with van der Waals surface area (Å²) in [6, 6.07) is 9.22. The molecule has 5 rings (SSSR count). The fraction of sp³-hybridized carbons (Fsp3) is 0.360. The third-order valence-electron chi connectivity index (χ3n) is 6.83. The zero-order valence-corrected chi connectivity index (χ0v) is 18.3. The van der Waals surface area contributed by atoms with Crippen LogP contribution in [0.3, 0.4) is 0 Å². The Balaban J connectivity index is 1.77. The number of ether oxygens (including phenoxy) is 1. The zero-order valence-electron chi connectivity index (χ0n) is 18.3. The van der Waals surface area contributed by atoms with Crippen molar-refractivity contribution in [2.24, 2.45) is 0 Å². The van der Waals surface area contributed by atoms with Crippen LogP contribution in [0.1, 0.15) is 60.1 Å². The van der Waals surface area contributed by atoms with Crippen molar-refractivity contribution in [3.05, 3.63) is 63.4 Å². The molecule has 3 aromatic rings. The molecule has 2 atom stereocenters. The minimum atomic E-state index is -3.10. The summed E-state index contributed by atoms with van der Waals surface area (Å²) in [6.07, 6.45) is 2.80. The van der Waals surface area contributed by atoms with E-state index >= 15 is 0 Å². The number of pyridine rings is 1. The van der Waals surface area contributed by atoms with Crippen LogP contribution in [-0.4, -0.2) is 28.3 Å². The van der Waals surface area contributed by atoms with E-state index in [-0.39, 0.29) is 28.3 Å². The number of aromatic nitrogens is 1. The number of nitrogens with zero attached hydrogens (tertiary/aromatic N) is 1. The number of hydrogen-bond donors (Lipinski definition) is 2. The lowest BCUT2D eigenvalue weighted by Crippen LogP contribution is -2.35. The molecule has 2 aromatic carbocycles. The number of benzene rings is 2. The van der Waals surface area contributed by atoms with Gasteiger partial charge in [0.2, 0.25) is 5.43 Å². The van der Waals surface area contributed by atoms with E-state index in [1.165, 1.54) is 17.8 Å². The fourth-order valence-electron chi connectivity index (χ4n) is 4.73. The number of halogens is 2. The van der Waals surface area contributed by atoms with Crippen molar-refractivity contribution >= 4 is 16.9 Å². The lowest BCUT2D eigenvalue weighted by atomic mass is 9.85. The topological polar surface area (TPSA) is 80.6 Å². The molecule has 1 aromatic heterocycles. The van der Waals surface area contributed by atoms with Gasteiger partial charge in [0, 0.05) is 30.4 Å². The number of aromatic carboxylic acids is 1. The fourth-order valence-corrected chi connectivity index (χ4v) is 4.73. The zero-order chi connectivity index (χ0) is 23.4. The SMILES string of the molecule is C[C@@H]1NCc2cc(-c3ccc4c(=O)c(C(=O)O)cn(C5CC5)c4c3OC(F)F)ccc2[C@H]1C. The molecule has 2 heterocycles. The van der Waals surface area contributed by atoms with Crippen molar-refractivity contribution in [2.75, 3.05) is 0 Å². The second-order valence-electron chi connectivity index (χ2n) is 8.90.